The van der Waals surface area contributed by atoms with Crippen molar-refractivity contribution >= 4 is 33.6 Å². The molecule has 0 aliphatic rings. The Hall–Kier alpha value is -3.37. The lowest BCUT2D eigenvalue weighted by atomic mass is 10.1. The summed E-state index contributed by atoms with van der Waals surface area (Å²) in [5, 5.41) is 19.1. The second-order valence-corrected chi connectivity index (χ2v) is 6.45. The summed E-state index contributed by atoms with van der Waals surface area (Å²) in [6.45, 7) is 0. The van der Waals surface area contributed by atoms with E-state index < -0.39 is 5.91 Å². The third-order valence-electron chi connectivity index (χ3n) is 3.82. The number of hydrogen-bond acceptors (Lipinski definition) is 4. The van der Waals surface area contributed by atoms with Crippen LogP contribution in [0, 0.1) is 11.3 Å². The Bertz CT molecular complexity index is 1030. The van der Waals surface area contributed by atoms with Crippen molar-refractivity contribution in [2.45, 2.75) is 0 Å². The highest BCUT2D eigenvalue weighted by Gasteiger charge is 2.14. The van der Waals surface area contributed by atoms with Gasteiger partial charge in [0, 0.05) is 15.6 Å². The van der Waals surface area contributed by atoms with Crippen molar-refractivity contribution in [3.63, 3.8) is 0 Å². The van der Waals surface area contributed by atoms with E-state index in [-0.39, 0.29) is 5.57 Å². The van der Waals surface area contributed by atoms with Gasteiger partial charge in [-0.15, -0.1) is 0 Å². The molecule has 0 radical (unpaired) electrons. The number of aromatic nitrogens is 2. The van der Waals surface area contributed by atoms with Crippen molar-refractivity contribution in [2.75, 3.05) is 12.4 Å². The van der Waals surface area contributed by atoms with Gasteiger partial charge >= 0.3 is 0 Å². The van der Waals surface area contributed by atoms with Gasteiger partial charge in [0.25, 0.3) is 5.91 Å². The minimum absolute atomic E-state index is 0.0410. The average Bonchev–Trinajstić information content (AvgIpc) is 3.15. The van der Waals surface area contributed by atoms with Crippen molar-refractivity contribution in [1.29, 1.82) is 5.26 Å². The molecule has 7 heteroatoms. The molecule has 0 saturated carbocycles. The molecule has 0 aliphatic carbocycles. The number of para-hydroxylation sites is 2. The minimum atomic E-state index is -0.523. The quantitative estimate of drug-likeness (QED) is 0.470. The first kappa shape index (κ1) is 18.4. The molecule has 27 heavy (non-hydrogen) atoms. The first-order valence-corrected chi connectivity index (χ1v) is 8.77. The van der Waals surface area contributed by atoms with E-state index in [2.05, 4.69) is 31.4 Å². The van der Waals surface area contributed by atoms with Gasteiger partial charge in [0.05, 0.1) is 24.7 Å². The zero-order valence-electron chi connectivity index (χ0n) is 14.4. The van der Waals surface area contributed by atoms with Gasteiger partial charge in [-0.05, 0) is 30.3 Å². The molecule has 0 aliphatic heterocycles. The fraction of sp³-hybridized carbons (Fsp3) is 0.0500. The van der Waals surface area contributed by atoms with Gasteiger partial charge in [-0.3, -0.25) is 9.89 Å². The predicted molar refractivity (Wildman–Crippen MR) is 107 cm³/mol. The second-order valence-electron chi connectivity index (χ2n) is 5.53. The Balaban J connectivity index is 1.89. The van der Waals surface area contributed by atoms with Crippen LogP contribution < -0.4 is 10.1 Å². The van der Waals surface area contributed by atoms with Crippen LogP contribution in [0.5, 0.6) is 5.75 Å². The zero-order valence-corrected chi connectivity index (χ0v) is 15.9. The normalized spacial score (nSPS) is 10.9. The Kier molecular flexibility index (Phi) is 5.69. The van der Waals surface area contributed by atoms with Crippen molar-refractivity contribution in [2.24, 2.45) is 0 Å². The summed E-state index contributed by atoms with van der Waals surface area (Å²) in [6, 6.07) is 16.6. The number of hydrogen-bond donors (Lipinski definition) is 2. The molecular formula is C20H15BrN4O2. The van der Waals surface area contributed by atoms with Crippen LogP contribution in [-0.2, 0) is 4.79 Å². The number of nitrogens with one attached hydrogen (secondary N) is 2. The molecule has 0 saturated heterocycles. The summed E-state index contributed by atoms with van der Waals surface area (Å²) in [5.74, 6) is -0.00745. The van der Waals surface area contributed by atoms with Gasteiger partial charge in [-0.1, -0.05) is 40.2 Å². The van der Waals surface area contributed by atoms with Crippen LogP contribution in [0.2, 0.25) is 0 Å². The molecule has 0 bridgehead atoms. The molecule has 1 aromatic heterocycles. The number of aromatic amines is 1. The topological polar surface area (TPSA) is 90.8 Å². The SMILES string of the molecule is COc1ccccc1NC(=O)/C(C#N)=C/c1cn[nH]c1-c1ccc(Br)cc1. The Labute approximate surface area is 164 Å². The lowest BCUT2D eigenvalue weighted by Crippen LogP contribution is -2.14. The molecule has 2 aromatic carbocycles. The second kappa shape index (κ2) is 8.34. The summed E-state index contributed by atoms with van der Waals surface area (Å²) in [4.78, 5) is 12.5. The summed E-state index contributed by atoms with van der Waals surface area (Å²) in [5.41, 5.74) is 2.71. The molecule has 0 fully saturated rings. The van der Waals surface area contributed by atoms with Crippen LogP contribution >= 0.6 is 15.9 Å². The van der Waals surface area contributed by atoms with Crippen LogP contribution in [0.15, 0.2) is 64.8 Å². The highest BCUT2D eigenvalue weighted by atomic mass is 79.9. The lowest BCUT2D eigenvalue weighted by Gasteiger charge is -2.09. The van der Waals surface area contributed by atoms with Crippen molar-refractivity contribution in [3.05, 3.63) is 70.3 Å². The summed E-state index contributed by atoms with van der Waals surface area (Å²) < 4.78 is 6.17. The largest absolute Gasteiger partial charge is 0.495 e. The molecule has 0 atom stereocenters. The number of benzene rings is 2. The first-order chi connectivity index (χ1) is 13.1. The zero-order chi connectivity index (χ0) is 19.2. The van der Waals surface area contributed by atoms with E-state index in [1.165, 1.54) is 13.2 Å². The van der Waals surface area contributed by atoms with Crippen molar-refractivity contribution in [1.82, 2.24) is 10.2 Å². The summed E-state index contributed by atoms with van der Waals surface area (Å²) in [7, 11) is 1.52. The van der Waals surface area contributed by atoms with Crippen LogP contribution in [0.1, 0.15) is 5.56 Å². The van der Waals surface area contributed by atoms with Gasteiger partial charge in [0.15, 0.2) is 0 Å². The molecule has 1 amide bonds. The smallest absolute Gasteiger partial charge is 0.266 e. The van der Waals surface area contributed by atoms with Gasteiger partial charge in [-0.25, -0.2) is 0 Å². The van der Waals surface area contributed by atoms with Gasteiger partial charge in [0.1, 0.15) is 17.4 Å². The number of amides is 1. The van der Waals surface area contributed by atoms with E-state index in [0.29, 0.717) is 17.0 Å². The van der Waals surface area contributed by atoms with Gasteiger partial charge in [-0.2, -0.15) is 10.4 Å². The van der Waals surface area contributed by atoms with Crippen molar-refractivity contribution < 1.29 is 9.53 Å². The van der Waals surface area contributed by atoms with Crippen LogP contribution in [0.4, 0.5) is 5.69 Å². The molecular weight excluding hydrogens is 408 g/mol. The number of ether oxygens (including phenoxy) is 1. The van der Waals surface area contributed by atoms with Crippen LogP contribution in [0.25, 0.3) is 17.3 Å². The third-order valence-corrected chi connectivity index (χ3v) is 4.35. The third kappa shape index (κ3) is 4.25. The van der Waals surface area contributed by atoms with Crippen molar-refractivity contribution in [3.8, 4) is 23.1 Å². The van der Waals surface area contributed by atoms with Gasteiger partial charge < -0.3 is 10.1 Å². The molecule has 0 spiro atoms. The number of anilines is 1. The van der Waals surface area contributed by atoms with Gasteiger partial charge in [0.2, 0.25) is 0 Å². The Morgan fingerprint density at radius 2 is 2.00 bits per heavy atom. The fourth-order valence-corrected chi connectivity index (χ4v) is 2.76. The van der Waals surface area contributed by atoms with Crippen LogP contribution in [0.3, 0.4) is 0 Å². The van der Waals surface area contributed by atoms with E-state index in [1.54, 1.807) is 30.5 Å². The Morgan fingerprint density at radius 3 is 2.70 bits per heavy atom. The molecule has 0 unspecified atom stereocenters. The van der Waals surface area contributed by atoms with Crippen LogP contribution in [-0.4, -0.2) is 23.2 Å². The minimum Gasteiger partial charge on any atom is -0.495 e. The maximum absolute atomic E-state index is 12.5. The van der Waals surface area contributed by atoms with E-state index in [4.69, 9.17) is 4.74 Å². The molecule has 6 nitrogen and oxygen atoms in total. The summed E-state index contributed by atoms with van der Waals surface area (Å²) >= 11 is 3.40. The number of methoxy groups -OCH3 is 1. The summed E-state index contributed by atoms with van der Waals surface area (Å²) in [6.07, 6.45) is 3.08. The lowest BCUT2D eigenvalue weighted by molar-refractivity contribution is -0.112. The Morgan fingerprint density at radius 1 is 1.26 bits per heavy atom. The predicted octanol–water partition coefficient (Wildman–Crippen LogP) is 4.39. The maximum atomic E-state index is 12.5. The number of rotatable bonds is 5. The number of H-pyrrole nitrogens is 1. The van der Waals surface area contributed by atoms with E-state index >= 15 is 0 Å². The first-order valence-electron chi connectivity index (χ1n) is 7.98. The highest BCUT2D eigenvalue weighted by Crippen LogP contribution is 2.26. The molecule has 2 N–H and O–H groups in total. The molecule has 134 valence electrons. The standard InChI is InChI=1S/C20H15BrN4O2/c1-27-18-5-3-2-4-17(18)24-20(26)14(11-22)10-15-12-23-25-19(15)13-6-8-16(21)9-7-13/h2-10,12H,1H3,(H,23,25)(H,24,26)/b14-10+. The fourth-order valence-electron chi connectivity index (χ4n) is 2.49. The monoisotopic (exact) mass is 422 g/mol. The van der Waals surface area contributed by atoms with E-state index in [9.17, 15) is 10.1 Å². The average molecular weight is 423 g/mol. The highest BCUT2D eigenvalue weighted by molar-refractivity contribution is 9.10. The molecule has 1 heterocycles. The number of carbonyl (C=O) groups excluding carboxylic acids is 1. The number of nitrogens with zero attached hydrogens (tertiary/aromatic N) is 2. The number of nitriles is 1. The number of halogens is 1. The van der Waals surface area contributed by atoms with E-state index in [1.807, 2.05) is 30.3 Å². The maximum Gasteiger partial charge on any atom is 0.266 e. The number of carbonyl (C=O) groups is 1. The van der Waals surface area contributed by atoms with E-state index in [0.717, 1.165) is 15.7 Å². The molecule has 3 aromatic rings. The molecule has 3 rings (SSSR count).